The van der Waals surface area contributed by atoms with Crippen LogP contribution in [0.5, 0.6) is 0 Å². The highest BCUT2D eigenvalue weighted by Gasteiger charge is 2.30. The van der Waals surface area contributed by atoms with Gasteiger partial charge < -0.3 is 20.7 Å². The lowest BCUT2D eigenvalue weighted by atomic mass is 10.1. The van der Waals surface area contributed by atoms with E-state index in [0.717, 1.165) is 26.9 Å². The van der Waals surface area contributed by atoms with Gasteiger partial charge in [-0.15, -0.1) is 11.3 Å². The first-order valence-electron chi connectivity index (χ1n) is 10.7. The average molecular weight is 475 g/mol. The second-order valence-corrected chi connectivity index (χ2v) is 8.87. The zero-order valence-electron chi connectivity index (χ0n) is 18.4. The van der Waals surface area contributed by atoms with Gasteiger partial charge in [-0.25, -0.2) is 9.97 Å². The monoisotopic (exact) mass is 474 g/mol. The Morgan fingerprint density at radius 3 is 2.85 bits per heavy atom. The lowest BCUT2D eigenvalue weighted by Crippen LogP contribution is -2.41. The number of nitrogens with zero attached hydrogens (tertiary/aromatic N) is 4. The molecule has 9 nitrogen and oxygen atoms in total. The molecule has 0 unspecified atom stereocenters. The van der Waals surface area contributed by atoms with Gasteiger partial charge in [0.2, 0.25) is 0 Å². The first-order valence-corrected chi connectivity index (χ1v) is 11.6. The number of hydrogen-bond donors (Lipinski definition) is 2. The van der Waals surface area contributed by atoms with Gasteiger partial charge in [-0.1, -0.05) is 12.1 Å². The second kappa shape index (κ2) is 9.16. The first kappa shape index (κ1) is 21.9. The molecule has 1 atom stereocenters. The van der Waals surface area contributed by atoms with Crippen LogP contribution in [-0.4, -0.2) is 31.7 Å². The third kappa shape index (κ3) is 4.20. The summed E-state index contributed by atoms with van der Waals surface area (Å²) in [5.74, 6) is -1.08. The summed E-state index contributed by atoms with van der Waals surface area (Å²) >= 11 is 1.55. The quantitative estimate of drug-likeness (QED) is 0.425. The molecule has 1 aromatic carbocycles. The minimum absolute atomic E-state index is 0.221. The number of aromatic nitrogens is 3. The van der Waals surface area contributed by atoms with Gasteiger partial charge in [0.25, 0.3) is 0 Å². The number of carbonyl (C=O) groups excluding carboxylic acids is 2. The minimum atomic E-state index is -0.766. The number of nitrogens with one attached hydrogen (secondary N) is 1. The molecule has 0 bridgehead atoms. The maximum atomic E-state index is 13.4. The predicted molar refractivity (Wildman–Crippen MR) is 129 cm³/mol. The van der Waals surface area contributed by atoms with Crippen LogP contribution in [0.15, 0.2) is 54.3 Å². The Bertz CT molecular complexity index is 1370. The number of fused-ring (bicyclic) bond motifs is 2. The number of nitrogen functional groups attached to an aromatic ring is 1. The van der Waals surface area contributed by atoms with Crippen LogP contribution < -0.4 is 11.1 Å². The summed E-state index contributed by atoms with van der Waals surface area (Å²) in [4.78, 5) is 40.9. The summed E-state index contributed by atoms with van der Waals surface area (Å²) in [6, 6.07) is 10.9. The molecule has 0 aliphatic carbocycles. The van der Waals surface area contributed by atoms with Crippen molar-refractivity contribution in [2.75, 3.05) is 11.1 Å². The maximum absolute atomic E-state index is 13.4. The molecule has 10 heteroatoms. The van der Waals surface area contributed by atoms with Crippen molar-refractivity contribution in [3.63, 3.8) is 0 Å². The van der Waals surface area contributed by atoms with Crippen LogP contribution in [-0.2, 0) is 34.1 Å². The van der Waals surface area contributed by atoms with E-state index in [4.69, 9.17) is 10.5 Å². The summed E-state index contributed by atoms with van der Waals surface area (Å²) in [6.07, 6.45) is 3.12. The highest BCUT2D eigenvalue weighted by molar-refractivity contribution is 7.16. The average Bonchev–Trinajstić information content (AvgIpc) is 3.54. The van der Waals surface area contributed by atoms with Gasteiger partial charge >= 0.3 is 11.8 Å². The fraction of sp³-hybridized carbons (Fsp3) is 0.208. The molecule has 0 spiro atoms. The van der Waals surface area contributed by atoms with Crippen molar-refractivity contribution in [2.24, 2.45) is 0 Å². The third-order valence-electron chi connectivity index (χ3n) is 5.86. The van der Waals surface area contributed by atoms with Crippen molar-refractivity contribution in [1.29, 1.82) is 0 Å². The number of nitrogens with two attached hydrogens (primary N) is 1. The number of rotatable bonds is 5. The summed E-state index contributed by atoms with van der Waals surface area (Å²) < 4.78 is 6.51. The molecule has 4 heterocycles. The van der Waals surface area contributed by atoms with E-state index in [9.17, 15) is 9.59 Å². The summed E-state index contributed by atoms with van der Waals surface area (Å²) in [6.45, 7) is 2.70. The van der Waals surface area contributed by atoms with Crippen molar-refractivity contribution >= 4 is 44.9 Å². The predicted octanol–water partition coefficient (Wildman–Crippen LogP) is 3.43. The highest BCUT2D eigenvalue weighted by atomic mass is 32.1. The molecule has 0 saturated heterocycles. The van der Waals surface area contributed by atoms with Gasteiger partial charge in [-0.3, -0.25) is 14.6 Å². The molecule has 172 valence electrons. The van der Waals surface area contributed by atoms with Gasteiger partial charge in [0, 0.05) is 23.9 Å². The van der Waals surface area contributed by atoms with Gasteiger partial charge in [0.05, 0.1) is 52.6 Å². The van der Waals surface area contributed by atoms with E-state index < -0.39 is 17.9 Å². The molecule has 4 aromatic rings. The molecule has 3 aromatic heterocycles. The lowest BCUT2D eigenvalue weighted by Gasteiger charge is -2.28. The Morgan fingerprint density at radius 2 is 2.03 bits per heavy atom. The Hall–Kier alpha value is -3.89. The molecule has 34 heavy (non-hydrogen) atoms. The molecule has 1 aliphatic rings. The summed E-state index contributed by atoms with van der Waals surface area (Å²) in [7, 11) is 0. The SMILES string of the molecule is C[C@@H](c1ccccn1)N(Cc1ccc2scnc2c1)C(=O)C(=O)Nc1cnc(N)c2c1COC2. The molecule has 0 fully saturated rings. The largest absolute Gasteiger partial charge is 0.383 e. The molecule has 5 rings (SSSR count). The molecule has 2 amide bonds. The zero-order chi connectivity index (χ0) is 23.7. The molecule has 1 aliphatic heterocycles. The van der Waals surface area contributed by atoms with E-state index in [1.54, 1.807) is 23.0 Å². The van der Waals surface area contributed by atoms with E-state index in [0.29, 0.717) is 30.4 Å². The lowest BCUT2D eigenvalue weighted by molar-refractivity contribution is -0.145. The first-order chi connectivity index (χ1) is 16.5. The fourth-order valence-corrected chi connectivity index (χ4v) is 4.63. The van der Waals surface area contributed by atoms with Crippen molar-refractivity contribution in [2.45, 2.75) is 32.7 Å². The summed E-state index contributed by atoms with van der Waals surface area (Å²) in [5.41, 5.74) is 12.0. The fourth-order valence-electron chi connectivity index (χ4n) is 3.97. The second-order valence-electron chi connectivity index (χ2n) is 7.98. The zero-order valence-corrected chi connectivity index (χ0v) is 19.2. The third-order valence-corrected chi connectivity index (χ3v) is 6.67. The number of pyridine rings is 2. The normalized spacial score (nSPS) is 13.4. The molecule has 3 N–H and O–H groups in total. The van der Waals surface area contributed by atoms with E-state index >= 15 is 0 Å². The van der Waals surface area contributed by atoms with Crippen molar-refractivity contribution in [3.8, 4) is 0 Å². The Kier molecular flexibility index (Phi) is 5.91. The number of amides is 2. The van der Waals surface area contributed by atoms with Crippen molar-refractivity contribution in [1.82, 2.24) is 19.9 Å². The van der Waals surface area contributed by atoms with Gasteiger partial charge in [-0.05, 0) is 36.8 Å². The molecule has 0 radical (unpaired) electrons. The van der Waals surface area contributed by atoms with Crippen LogP contribution in [0.3, 0.4) is 0 Å². The molecule has 0 saturated carbocycles. The number of thiazole rings is 1. The van der Waals surface area contributed by atoms with Crippen LogP contribution in [0.4, 0.5) is 11.5 Å². The number of anilines is 2. The topological polar surface area (TPSA) is 123 Å². The van der Waals surface area contributed by atoms with Crippen LogP contribution in [0.1, 0.15) is 35.3 Å². The summed E-state index contributed by atoms with van der Waals surface area (Å²) in [5, 5.41) is 2.71. The van der Waals surface area contributed by atoms with Gasteiger partial charge in [0.1, 0.15) is 5.82 Å². The Morgan fingerprint density at radius 1 is 1.18 bits per heavy atom. The molecular weight excluding hydrogens is 452 g/mol. The smallest absolute Gasteiger partial charge is 0.313 e. The van der Waals surface area contributed by atoms with Crippen molar-refractivity contribution in [3.05, 3.63) is 76.7 Å². The van der Waals surface area contributed by atoms with Crippen LogP contribution in [0, 0.1) is 0 Å². The van der Waals surface area contributed by atoms with Gasteiger partial charge in [-0.2, -0.15) is 0 Å². The van der Waals surface area contributed by atoms with E-state index in [1.807, 2.05) is 43.3 Å². The number of benzene rings is 1. The van der Waals surface area contributed by atoms with E-state index in [2.05, 4.69) is 20.3 Å². The Labute approximate surface area is 199 Å². The molecular formula is C24H22N6O3S. The maximum Gasteiger partial charge on any atom is 0.313 e. The van der Waals surface area contributed by atoms with Gasteiger partial charge in [0.15, 0.2) is 0 Å². The number of carbonyl (C=O) groups is 2. The van der Waals surface area contributed by atoms with Crippen LogP contribution in [0.25, 0.3) is 10.2 Å². The highest BCUT2D eigenvalue weighted by Crippen LogP contribution is 2.30. The number of ether oxygens (including phenoxy) is 1. The standard InChI is InChI=1S/C24H22N6O3S/c1-14(18-4-2-3-7-26-18)30(10-15-5-6-21-19(8-15)28-13-34-21)24(32)23(31)29-20-9-27-22(25)17-12-33-11-16(17)20/h2-9,13-14H,10-12H2,1H3,(H2,25,27)(H,29,31)/t14-/m0/s1. The van der Waals surface area contributed by atoms with Crippen molar-refractivity contribution < 1.29 is 14.3 Å². The Balaban J connectivity index is 1.43. The van der Waals surface area contributed by atoms with E-state index in [-0.39, 0.29) is 6.54 Å². The van der Waals surface area contributed by atoms with E-state index in [1.165, 1.54) is 11.1 Å². The minimum Gasteiger partial charge on any atom is -0.383 e. The number of hydrogen-bond acceptors (Lipinski definition) is 8. The van der Waals surface area contributed by atoms with Crippen LogP contribution >= 0.6 is 11.3 Å². The van der Waals surface area contributed by atoms with Crippen LogP contribution in [0.2, 0.25) is 0 Å².